The molecule has 0 atom stereocenters. The number of hydrazone groups is 2. The molecule has 4 aromatic rings. The van der Waals surface area contributed by atoms with Crippen LogP contribution in [-0.4, -0.2) is 66.0 Å². The van der Waals surface area contributed by atoms with Crippen LogP contribution >= 0.6 is 0 Å². The SMILES string of the molecule is O=C(Nc1ccc2c(c1)C=C(S(=O)(=O)O)/C(=N/Nc1ccccc1)C2=O)Nc1ccc2c(c1)=CC(=O)/C(=N/Nc1ccc(C(=O)O)cc1)C=2S(=O)(=O)O. The van der Waals surface area contributed by atoms with Crippen LogP contribution in [0.15, 0.2) is 106 Å². The van der Waals surface area contributed by atoms with Gasteiger partial charge in [-0.05, 0) is 89.7 Å². The second kappa shape index (κ2) is 14.1. The summed E-state index contributed by atoms with van der Waals surface area (Å²) < 4.78 is 69.2. The quantitative estimate of drug-likeness (QED) is 0.0958. The maximum atomic E-state index is 13.3. The normalized spacial score (nSPS) is 15.5. The van der Waals surface area contributed by atoms with Crippen molar-refractivity contribution in [1.82, 2.24) is 0 Å². The summed E-state index contributed by atoms with van der Waals surface area (Å²) in [6, 6.07) is 20.5. The smallest absolute Gasteiger partial charge is 0.335 e. The summed E-state index contributed by atoms with van der Waals surface area (Å²) in [4.78, 5) is 48.7. The molecule has 0 spiro atoms. The van der Waals surface area contributed by atoms with Crippen LogP contribution in [0.25, 0.3) is 17.1 Å². The Bertz CT molecular complexity index is 2690. The minimum Gasteiger partial charge on any atom is -0.478 e. The van der Waals surface area contributed by atoms with Crippen molar-refractivity contribution in [2.45, 2.75) is 0 Å². The molecule has 0 radical (unpaired) electrons. The van der Waals surface area contributed by atoms with E-state index >= 15 is 0 Å². The van der Waals surface area contributed by atoms with E-state index in [1.807, 2.05) is 0 Å². The monoisotopic (exact) mass is 756 g/mol. The second-order valence-electron chi connectivity index (χ2n) is 11.2. The lowest BCUT2D eigenvalue weighted by Gasteiger charge is -2.17. The van der Waals surface area contributed by atoms with Crippen LogP contribution in [0.4, 0.5) is 27.5 Å². The van der Waals surface area contributed by atoms with Crippen molar-refractivity contribution in [2.75, 3.05) is 21.5 Å². The molecule has 2 aliphatic rings. The van der Waals surface area contributed by atoms with Gasteiger partial charge in [0.15, 0.2) is 11.4 Å². The molecule has 0 aromatic heterocycles. The number of hydrogen-bond acceptors (Lipinski definition) is 12. The highest BCUT2D eigenvalue weighted by molar-refractivity contribution is 7.96. The van der Waals surface area contributed by atoms with Gasteiger partial charge in [0.2, 0.25) is 11.6 Å². The summed E-state index contributed by atoms with van der Waals surface area (Å²) in [6.07, 6.45) is 2.07. The lowest BCUT2D eigenvalue weighted by Crippen LogP contribution is -2.40. The van der Waals surface area contributed by atoms with Gasteiger partial charge in [-0.15, -0.1) is 0 Å². The minimum absolute atomic E-state index is 0.0135. The average molecular weight is 757 g/mol. The largest absolute Gasteiger partial charge is 0.478 e. The molecule has 0 saturated carbocycles. The van der Waals surface area contributed by atoms with Gasteiger partial charge in [0.1, 0.15) is 9.81 Å². The minimum atomic E-state index is -5.03. The van der Waals surface area contributed by atoms with Gasteiger partial charge in [0.25, 0.3) is 20.2 Å². The molecule has 19 heteroatoms. The fraction of sp³-hybridized carbons (Fsp3) is 0. The number of nitrogens with zero attached hydrogens (tertiary/aromatic N) is 2. The molecule has 2 aliphatic carbocycles. The van der Waals surface area contributed by atoms with E-state index < -0.39 is 65.0 Å². The molecule has 53 heavy (non-hydrogen) atoms. The highest BCUT2D eigenvalue weighted by Crippen LogP contribution is 2.28. The number of urea groups is 1. The maximum Gasteiger partial charge on any atom is 0.335 e. The molecule has 0 heterocycles. The molecule has 0 unspecified atom stereocenters. The van der Waals surface area contributed by atoms with Crippen molar-refractivity contribution in [1.29, 1.82) is 0 Å². The summed E-state index contributed by atoms with van der Waals surface area (Å²) in [6.45, 7) is 0. The highest BCUT2D eigenvalue weighted by Gasteiger charge is 2.33. The molecule has 4 aromatic carbocycles. The zero-order valence-corrected chi connectivity index (χ0v) is 28.3. The maximum absolute atomic E-state index is 13.3. The first kappa shape index (κ1) is 36.0. The van der Waals surface area contributed by atoms with Gasteiger partial charge < -0.3 is 15.7 Å². The fourth-order valence-corrected chi connectivity index (χ4v) is 6.75. The first-order valence-electron chi connectivity index (χ1n) is 15.0. The zero-order valence-electron chi connectivity index (χ0n) is 26.6. The number of allylic oxidation sites excluding steroid dienone is 1. The van der Waals surface area contributed by atoms with Crippen LogP contribution in [0.2, 0.25) is 0 Å². The zero-order chi connectivity index (χ0) is 38.1. The number of carboxylic acid groups (broad SMARTS) is 1. The van der Waals surface area contributed by atoms with Crippen molar-refractivity contribution < 1.29 is 50.2 Å². The van der Waals surface area contributed by atoms with Gasteiger partial charge in [-0.3, -0.25) is 29.5 Å². The predicted molar refractivity (Wildman–Crippen MR) is 195 cm³/mol. The number of carbonyl (C=O) groups excluding carboxylic acids is 3. The Hall–Kier alpha value is -6.80. The van der Waals surface area contributed by atoms with Crippen LogP contribution in [0.1, 0.15) is 26.3 Å². The van der Waals surface area contributed by atoms with Crippen LogP contribution in [-0.2, 0) is 25.0 Å². The van der Waals surface area contributed by atoms with Crippen molar-refractivity contribution in [3.05, 3.63) is 123 Å². The van der Waals surface area contributed by atoms with Gasteiger partial charge in [-0.2, -0.15) is 27.0 Å². The van der Waals surface area contributed by atoms with Gasteiger partial charge in [0.05, 0.1) is 16.9 Å². The third kappa shape index (κ3) is 7.92. The van der Waals surface area contributed by atoms with E-state index in [9.17, 15) is 45.1 Å². The highest BCUT2D eigenvalue weighted by atomic mass is 32.2. The lowest BCUT2D eigenvalue weighted by atomic mass is 9.94. The number of aromatic carboxylic acids is 1. The summed E-state index contributed by atoms with van der Waals surface area (Å²) in [5, 5.41) is 21.8. The van der Waals surface area contributed by atoms with E-state index in [4.69, 9.17) is 5.11 Å². The van der Waals surface area contributed by atoms with Crippen molar-refractivity contribution in [3.8, 4) is 0 Å². The number of ketones is 2. The summed E-state index contributed by atoms with van der Waals surface area (Å²) in [5.41, 5.74) is 4.78. The van der Waals surface area contributed by atoms with E-state index in [0.29, 0.717) is 5.69 Å². The van der Waals surface area contributed by atoms with E-state index in [2.05, 4.69) is 31.7 Å². The Kier molecular flexibility index (Phi) is 9.56. The molecule has 0 bridgehead atoms. The lowest BCUT2D eigenvalue weighted by molar-refractivity contribution is -0.107. The number of hydrogen-bond donors (Lipinski definition) is 7. The van der Waals surface area contributed by atoms with Crippen LogP contribution < -0.4 is 31.9 Å². The predicted octanol–water partition coefficient (Wildman–Crippen LogP) is 2.75. The van der Waals surface area contributed by atoms with E-state index in [1.54, 1.807) is 30.3 Å². The van der Waals surface area contributed by atoms with Crippen molar-refractivity contribution >= 4 is 95.0 Å². The molecule has 6 rings (SSSR count). The van der Waals surface area contributed by atoms with Gasteiger partial charge in [0, 0.05) is 22.2 Å². The van der Waals surface area contributed by atoms with Crippen LogP contribution in [0, 0.1) is 0 Å². The number of nitrogens with one attached hydrogen (secondary N) is 4. The Morgan fingerprint density at radius 1 is 0.642 bits per heavy atom. The van der Waals surface area contributed by atoms with Crippen molar-refractivity contribution in [2.24, 2.45) is 10.2 Å². The van der Waals surface area contributed by atoms with Crippen LogP contribution in [0.3, 0.4) is 0 Å². The third-order valence-corrected chi connectivity index (χ3v) is 9.41. The van der Waals surface area contributed by atoms with Gasteiger partial charge in [-0.25, -0.2) is 9.59 Å². The van der Waals surface area contributed by atoms with Crippen molar-refractivity contribution in [3.63, 3.8) is 0 Å². The Balaban J connectivity index is 1.24. The molecule has 17 nitrogen and oxygen atoms in total. The number of fused-ring (bicyclic) bond motifs is 2. The number of amides is 2. The number of carboxylic acids is 1. The number of Topliss-reactive ketones (excluding diaryl/α,β-unsaturated/α-hetero) is 2. The summed E-state index contributed by atoms with van der Waals surface area (Å²) in [5.74, 6) is -2.89. The first-order chi connectivity index (χ1) is 25.1. The molecule has 2 amide bonds. The molecule has 268 valence electrons. The Labute approximate surface area is 299 Å². The fourth-order valence-electron chi connectivity index (χ4n) is 5.24. The topological polar surface area (TPSA) is 270 Å². The number of rotatable bonds is 9. The third-order valence-electron chi connectivity index (χ3n) is 7.61. The molecular weight excluding hydrogens is 733 g/mol. The van der Waals surface area contributed by atoms with E-state index in [-0.39, 0.29) is 44.2 Å². The number of benzene rings is 4. The summed E-state index contributed by atoms with van der Waals surface area (Å²) in [7, 11) is -9.95. The van der Waals surface area contributed by atoms with E-state index in [1.165, 1.54) is 60.7 Å². The molecular formula is C34H24N6O11S2. The van der Waals surface area contributed by atoms with E-state index in [0.717, 1.165) is 12.2 Å². The summed E-state index contributed by atoms with van der Waals surface area (Å²) >= 11 is 0. The number of anilines is 4. The van der Waals surface area contributed by atoms with Gasteiger partial charge >= 0.3 is 12.0 Å². The standard InChI is InChI=1S/C34H24N6O11S2/c41-27-16-19-14-24(11-13-26(19)32(53(49,50)51)29(27)39-38-22-8-6-18(7-9-22)33(43)44)36-34(45)35-23-10-12-25-20(15-23)17-28(52(46,47)48)30(31(25)42)40-37-21-4-2-1-3-5-21/h1-17,37-38H,(H,43,44)(H2,35,36,45)(H,46,47,48)(H,49,50,51)/b39-29-,40-30-. The molecule has 7 N–H and O–H groups in total. The Morgan fingerprint density at radius 3 is 1.85 bits per heavy atom. The van der Waals surface area contributed by atoms with Gasteiger partial charge in [-0.1, -0.05) is 24.3 Å². The average Bonchev–Trinajstić information content (AvgIpc) is 3.09. The first-order valence-corrected chi connectivity index (χ1v) is 17.9. The van der Waals surface area contributed by atoms with Crippen LogP contribution in [0.5, 0.6) is 0 Å². The Morgan fingerprint density at radius 2 is 1.23 bits per heavy atom. The molecule has 0 aliphatic heterocycles. The molecule has 0 saturated heterocycles. The number of carbonyl (C=O) groups is 4. The second-order valence-corrected chi connectivity index (χ2v) is 14.0. The molecule has 0 fully saturated rings. The number of para-hydroxylation sites is 1.